The van der Waals surface area contributed by atoms with Crippen LogP contribution in [0.1, 0.15) is 37.7 Å². The summed E-state index contributed by atoms with van der Waals surface area (Å²) in [6.07, 6.45) is 6.39. The van der Waals surface area contributed by atoms with Crippen molar-refractivity contribution in [3.63, 3.8) is 0 Å². The van der Waals surface area contributed by atoms with E-state index in [2.05, 4.69) is 57.9 Å². The summed E-state index contributed by atoms with van der Waals surface area (Å²) < 4.78 is 5.32. The van der Waals surface area contributed by atoms with Crippen LogP contribution in [0.2, 0.25) is 0 Å². The van der Waals surface area contributed by atoms with E-state index in [-0.39, 0.29) is 24.0 Å². The Balaban J connectivity index is 0.00000364. The summed E-state index contributed by atoms with van der Waals surface area (Å²) in [5.41, 5.74) is 1.72. The third-order valence-corrected chi connectivity index (χ3v) is 5.44. The lowest BCUT2D eigenvalue weighted by molar-refractivity contribution is 0.138. The predicted octanol–water partition coefficient (Wildman–Crippen LogP) is 3.50. The Labute approximate surface area is 182 Å². The zero-order valence-electron chi connectivity index (χ0n) is 17.2. The normalized spacial score (nSPS) is 16.2. The van der Waals surface area contributed by atoms with E-state index in [9.17, 15) is 0 Å². The van der Waals surface area contributed by atoms with Gasteiger partial charge in [-0.05, 0) is 37.3 Å². The molecule has 1 aliphatic carbocycles. The molecule has 1 fully saturated rings. The molecule has 1 aliphatic rings. The van der Waals surface area contributed by atoms with Crippen LogP contribution in [0.4, 0.5) is 0 Å². The molecule has 2 rings (SSSR count). The Kier molecular flexibility index (Phi) is 11.9. The third-order valence-electron chi connectivity index (χ3n) is 5.44. The summed E-state index contributed by atoms with van der Waals surface area (Å²) in [7, 11) is 5.80. The molecule has 0 spiro atoms. The summed E-state index contributed by atoms with van der Waals surface area (Å²) in [5.74, 6) is 0.904. The summed E-state index contributed by atoms with van der Waals surface area (Å²) >= 11 is 0. The van der Waals surface area contributed by atoms with E-state index in [1.54, 1.807) is 7.11 Å². The van der Waals surface area contributed by atoms with Gasteiger partial charge in [-0.15, -0.1) is 24.0 Å². The van der Waals surface area contributed by atoms with Gasteiger partial charge in [-0.1, -0.05) is 43.2 Å². The lowest BCUT2D eigenvalue weighted by Gasteiger charge is -2.30. The second-order valence-corrected chi connectivity index (χ2v) is 7.53. The smallest absolute Gasteiger partial charge is 0.191 e. The number of nitrogens with zero attached hydrogens (tertiary/aromatic N) is 2. The fraction of sp³-hybridized carbons (Fsp3) is 0.667. The van der Waals surface area contributed by atoms with Crippen LogP contribution < -0.4 is 10.6 Å². The number of halogens is 1. The molecule has 0 amide bonds. The minimum atomic E-state index is 0. The average molecular weight is 488 g/mol. The number of ether oxygens (including phenoxy) is 1. The minimum absolute atomic E-state index is 0. The van der Waals surface area contributed by atoms with Crippen molar-refractivity contribution in [2.45, 2.75) is 38.6 Å². The molecule has 1 saturated carbocycles. The quantitative estimate of drug-likeness (QED) is 0.301. The molecule has 6 heteroatoms. The van der Waals surface area contributed by atoms with Gasteiger partial charge in [0.25, 0.3) is 0 Å². The van der Waals surface area contributed by atoms with Crippen molar-refractivity contribution in [2.75, 3.05) is 47.4 Å². The molecule has 1 aromatic carbocycles. The standard InChI is InChI=1S/C21H36N4O.HI/c1-22-20(24-18-21(13-16-26-3)11-7-8-12-21)23-14-15-25(2)17-19-9-5-4-6-10-19;/h4-6,9-10H,7-8,11-18H2,1-3H3,(H2,22,23,24);1H. The number of methoxy groups -OCH3 is 1. The van der Waals surface area contributed by atoms with Gasteiger partial charge in [-0.25, -0.2) is 0 Å². The molecule has 0 radical (unpaired) electrons. The summed E-state index contributed by atoms with van der Waals surface area (Å²) in [4.78, 5) is 6.71. The number of likely N-dealkylation sites (N-methyl/N-ethyl adjacent to an activating group) is 1. The summed E-state index contributed by atoms with van der Waals surface area (Å²) in [6, 6.07) is 10.6. The fourth-order valence-electron chi connectivity index (χ4n) is 3.79. The molecule has 5 nitrogen and oxygen atoms in total. The van der Waals surface area contributed by atoms with Crippen LogP contribution in [-0.4, -0.2) is 58.3 Å². The Bertz CT molecular complexity index is 532. The first kappa shape index (κ1) is 24.2. The van der Waals surface area contributed by atoms with Gasteiger partial charge < -0.3 is 20.3 Å². The molecule has 0 saturated heterocycles. The van der Waals surface area contributed by atoms with E-state index in [1.165, 1.54) is 31.2 Å². The fourth-order valence-corrected chi connectivity index (χ4v) is 3.79. The SMILES string of the molecule is CN=C(NCCN(C)Cc1ccccc1)NCC1(CCOC)CCCC1.I. The van der Waals surface area contributed by atoms with Crippen LogP contribution >= 0.6 is 24.0 Å². The number of guanidine groups is 1. The van der Waals surface area contributed by atoms with Crippen LogP contribution in [0, 0.1) is 5.41 Å². The molecule has 0 atom stereocenters. The maximum Gasteiger partial charge on any atom is 0.191 e. The topological polar surface area (TPSA) is 48.9 Å². The Morgan fingerprint density at radius 2 is 1.89 bits per heavy atom. The van der Waals surface area contributed by atoms with Crippen molar-refractivity contribution < 1.29 is 4.74 Å². The molecule has 0 heterocycles. The van der Waals surface area contributed by atoms with Crippen LogP contribution in [-0.2, 0) is 11.3 Å². The number of benzene rings is 1. The summed E-state index contributed by atoms with van der Waals surface area (Å²) in [6.45, 7) is 4.65. The van der Waals surface area contributed by atoms with Crippen LogP contribution in [0.15, 0.2) is 35.3 Å². The molecule has 0 bridgehead atoms. The molecular formula is C21H37IN4O. The van der Waals surface area contributed by atoms with Crippen molar-refractivity contribution in [3.05, 3.63) is 35.9 Å². The maximum atomic E-state index is 5.32. The lowest BCUT2D eigenvalue weighted by atomic mass is 9.83. The molecule has 2 N–H and O–H groups in total. The number of hydrogen-bond acceptors (Lipinski definition) is 3. The van der Waals surface area contributed by atoms with Crippen molar-refractivity contribution >= 4 is 29.9 Å². The van der Waals surface area contributed by atoms with Crippen molar-refractivity contribution in [1.82, 2.24) is 15.5 Å². The highest BCUT2D eigenvalue weighted by Crippen LogP contribution is 2.40. The highest BCUT2D eigenvalue weighted by Gasteiger charge is 2.33. The first-order chi connectivity index (χ1) is 12.7. The second-order valence-electron chi connectivity index (χ2n) is 7.53. The van der Waals surface area contributed by atoms with Gasteiger partial charge in [0.15, 0.2) is 5.96 Å². The zero-order chi connectivity index (χ0) is 18.7. The van der Waals surface area contributed by atoms with Gasteiger partial charge in [-0.3, -0.25) is 4.99 Å². The molecule has 27 heavy (non-hydrogen) atoms. The second kappa shape index (κ2) is 13.3. The van der Waals surface area contributed by atoms with E-state index < -0.39 is 0 Å². The summed E-state index contributed by atoms with van der Waals surface area (Å²) in [5, 5.41) is 7.00. The van der Waals surface area contributed by atoms with E-state index in [0.717, 1.165) is 45.2 Å². The molecule has 0 unspecified atom stereocenters. The van der Waals surface area contributed by atoms with Crippen molar-refractivity contribution in [1.29, 1.82) is 0 Å². The first-order valence-electron chi connectivity index (χ1n) is 9.83. The van der Waals surface area contributed by atoms with Crippen LogP contribution in [0.25, 0.3) is 0 Å². The molecule has 1 aromatic rings. The number of nitrogens with one attached hydrogen (secondary N) is 2. The highest BCUT2D eigenvalue weighted by atomic mass is 127. The lowest BCUT2D eigenvalue weighted by Crippen LogP contribution is -2.45. The first-order valence-corrected chi connectivity index (χ1v) is 9.83. The average Bonchev–Trinajstić information content (AvgIpc) is 3.13. The predicted molar refractivity (Wildman–Crippen MR) is 125 cm³/mol. The number of aliphatic imine (C=N–C) groups is 1. The Hall–Kier alpha value is -0.860. The zero-order valence-corrected chi connectivity index (χ0v) is 19.5. The van der Waals surface area contributed by atoms with Crippen LogP contribution in [0.3, 0.4) is 0 Å². The minimum Gasteiger partial charge on any atom is -0.385 e. The van der Waals surface area contributed by atoms with E-state index in [0.29, 0.717) is 5.41 Å². The van der Waals surface area contributed by atoms with Gasteiger partial charge in [0.05, 0.1) is 0 Å². The molecule has 0 aliphatic heterocycles. The largest absolute Gasteiger partial charge is 0.385 e. The van der Waals surface area contributed by atoms with Crippen molar-refractivity contribution in [3.8, 4) is 0 Å². The molecule has 154 valence electrons. The Morgan fingerprint density at radius 1 is 1.19 bits per heavy atom. The van der Waals surface area contributed by atoms with Gasteiger partial charge in [0.2, 0.25) is 0 Å². The molecular weight excluding hydrogens is 451 g/mol. The van der Waals surface area contributed by atoms with Crippen LogP contribution in [0.5, 0.6) is 0 Å². The number of rotatable bonds is 10. The van der Waals surface area contributed by atoms with E-state index in [1.807, 2.05) is 7.05 Å². The van der Waals surface area contributed by atoms with Gasteiger partial charge in [0.1, 0.15) is 0 Å². The maximum absolute atomic E-state index is 5.32. The molecule has 0 aromatic heterocycles. The Morgan fingerprint density at radius 3 is 2.52 bits per heavy atom. The van der Waals surface area contributed by atoms with Gasteiger partial charge in [0, 0.05) is 46.9 Å². The van der Waals surface area contributed by atoms with E-state index >= 15 is 0 Å². The van der Waals surface area contributed by atoms with Gasteiger partial charge in [-0.2, -0.15) is 0 Å². The monoisotopic (exact) mass is 488 g/mol. The van der Waals surface area contributed by atoms with E-state index in [4.69, 9.17) is 4.74 Å². The van der Waals surface area contributed by atoms with Gasteiger partial charge >= 0.3 is 0 Å². The van der Waals surface area contributed by atoms with Crippen molar-refractivity contribution in [2.24, 2.45) is 10.4 Å². The number of hydrogen-bond donors (Lipinski definition) is 2. The highest BCUT2D eigenvalue weighted by molar-refractivity contribution is 14.0. The third kappa shape index (κ3) is 8.79.